The predicted octanol–water partition coefficient (Wildman–Crippen LogP) is 10.2. The number of methoxy groups -OCH3 is 4. The second kappa shape index (κ2) is 55.5. The Morgan fingerprint density at radius 2 is 0.609 bits per heavy atom. The van der Waals surface area contributed by atoms with E-state index < -0.39 is 67.0 Å². The highest BCUT2D eigenvalue weighted by molar-refractivity contribution is 8.83. The van der Waals surface area contributed by atoms with Crippen molar-refractivity contribution in [3.8, 4) is 0 Å². The van der Waals surface area contributed by atoms with Crippen LogP contribution in [0.2, 0.25) is 0 Å². The third-order valence-electron chi connectivity index (χ3n) is 11.6. The standard InChI is InChI=1S/C15H28N2O4S2.C14H26N2O4S2.C13H25N3O4S2.C12H23N3O4S2.4CH4/c1-7-8-9-10-17(5)14(20)22-23-15(3,4)12(13(19)21-6)16-11(2)18;1-7-8-9-16(5)13(19)21-22-14(3,4)11(12(18)20-6)15-10(2)17;1-9(17)15-10(11(18)20-6)13(2,3)22-21-12(19)16(5)8-7-14-4;1-8(16)14-9(10(17)19-5)12(2,3)21-20-11(18)15(4)7-6-13;;;;/h12H,7-10H2,1-6H3,(H,16,18);11H,7-9H2,1-6H3,(H,15,17);10,14H,7-8H2,1-6H3,(H,15,17);9H,6-7,13H2,1-5H3,(H,14,16);4*1H4. The zero-order valence-corrected chi connectivity index (χ0v) is 62.3. The lowest BCUT2D eigenvalue weighted by Crippen LogP contribution is -2.52. The van der Waals surface area contributed by atoms with E-state index in [4.69, 9.17) is 24.7 Å². The van der Waals surface area contributed by atoms with Gasteiger partial charge in [-0.25, -0.2) is 19.2 Å². The van der Waals surface area contributed by atoms with Crippen LogP contribution in [0.15, 0.2) is 0 Å². The van der Waals surface area contributed by atoms with Gasteiger partial charge in [-0.15, -0.1) is 0 Å². The molecule has 0 aromatic heterocycles. The fraction of sp³-hybridized carbons (Fsp3) is 0.793. The summed E-state index contributed by atoms with van der Waals surface area (Å²) in [4.78, 5) is 147. The van der Waals surface area contributed by atoms with Crippen molar-refractivity contribution in [2.75, 3.05) is 103 Å². The Hall–Kier alpha value is -3.64. The van der Waals surface area contributed by atoms with Crippen molar-refractivity contribution in [2.45, 2.75) is 202 Å². The van der Waals surface area contributed by atoms with Gasteiger partial charge in [0.1, 0.15) is 24.2 Å². The normalized spacial score (nSPS) is 11.9. The maximum absolute atomic E-state index is 12.1. The molecule has 0 saturated heterocycles. The molecule has 0 bridgehead atoms. The number of ether oxygens (including phenoxy) is 4. The molecule has 0 spiro atoms. The molecule has 0 rings (SSSR count). The van der Waals surface area contributed by atoms with Crippen molar-refractivity contribution in [1.82, 2.24) is 46.2 Å². The molecule has 26 nitrogen and oxygen atoms in total. The number of amides is 8. The maximum atomic E-state index is 12.1. The van der Waals surface area contributed by atoms with Crippen LogP contribution in [0.5, 0.6) is 0 Å². The molecule has 0 aliphatic rings. The molecule has 0 aromatic carbocycles. The number of esters is 4. The molecule has 7 N–H and O–H groups in total. The van der Waals surface area contributed by atoms with Crippen molar-refractivity contribution in [1.29, 1.82) is 0 Å². The second-order valence-corrected chi connectivity index (χ2v) is 32.3. The first-order chi connectivity index (χ1) is 40.6. The van der Waals surface area contributed by atoms with Crippen LogP contribution in [-0.2, 0) is 57.3 Å². The SMILES string of the molecule is C.C.C.C.CCCCCN(C)C(=O)SSC(C)(C)C(NC(C)=O)C(=O)OC.CCCCN(C)C(=O)SSC(C)(C)C(NC(C)=O)C(=O)OC.CNCCN(C)C(=O)SSC(C)(C)C(NC(C)=O)C(=O)OC.COC(=O)C(NC(C)=O)C(C)(C)SSC(=O)N(C)CCN. The summed E-state index contributed by atoms with van der Waals surface area (Å²) < 4.78 is 16.1. The van der Waals surface area contributed by atoms with Crippen LogP contribution < -0.4 is 32.3 Å². The minimum absolute atomic E-state index is 0. The number of hydrogen-bond acceptors (Lipinski definition) is 26. The summed E-state index contributed by atoms with van der Waals surface area (Å²) in [7, 11) is 22.9. The topological polar surface area (TPSA) is 341 Å². The molecular formula is C58H118N10O16S8. The van der Waals surface area contributed by atoms with Gasteiger partial charge >= 0.3 is 23.9 Å². The lowest BCUT2D eigenvalue weighted by atomic mass is 10.0. The first kappa shape index (κ1) is 104. The number of hydrogen-bond donors (Lipinski definition) is 6. The Morgan fingerprint density at radius 1 is 0.391 bits per heavy atom. The molecule has 0 saturated carbocycles. The molecule has 0 aliphatic heterocycles. The fourth-order valence-electron chi connectivity index (χ4n) is 6.20. The van der Waals surface area contributed by atoms with Gasteiger partial charge in [0.25, 0.3) is 21.0 Å². The molecule has 0 aliphatic carbocycles. The summed E-state index contributed by atoms with van der Waals surface area (Å²) in [6, 6.07) is -3.31. The van der Waals surface area contributed by atoms with E-state index in [0.29, 0.717) is 39.3 Å². The minimum Gasteiger partial charge on any atom is -0.467 e. The lowest BCUT2D eigenvalue weighted by Gasteiger charge is -2.31. The number of unbranched alkanes of at least 4 members (excludes halogenated alkanes) is 3. The first-order valence-corrected chi connectivity index (χ1v) is 36.4. The third kappa shape index (κ3) is 46.5. The van der Waals surface area contributed by atoms with Gasteiger partial charge in [-0.05, 0) is 75.3 Å². The first-order valence-electron chi connectivity index (χ1n) is 27.8. The largest absolute Gasteiger partial charge is 0.467 e. The fourth-order valence-corrected chi connectivity index (χ4v) is 15.3. The highest BCUT2D eigenvalue weighted by atomic mass is 33.1. The number of carbonyl (C=O) groups is 12. The number of nitrogens with two attached hydrogens (primary N) is 1. The van der Waals surface area contributed by atoms with Crippen LogP contribution in [0.4, 0.5) is 19.2 Å². The maximum Gasteiger partial charge on any atom is 0.329 e. The van der Waals surface area contributed by atoms with Crippen molar-refractivity contribution in [2.24, 2.45) is 5.73 Å². The third-order valence-corrected chi connectivity index (χ3v) is 24.3. The van der Waals surface area contributed by atoms with Crippen molar-refractivity contribution in [3.05, 3.63) is 0 Å². The van der Waals surface area contributed by atoms with E-state index in [2.05, 4.69) is 40.4 Å². The summed E-state index contributed by atoms with van der Waals surface area (Å²) in [6.45, 7) is 27.3. The summed E-state index contributed by atoms with van der Waals surface area (Å²) in [5, 5.41) is 12.9. The molecule has 0 fully saturated rings. The van der Waals surface area contributed by atoms with Gasteiger partial charge in [-0.3, -0.25) is 38.4 Å². The Kier molecular flexibility index (Phi) is 63.0. The van der Waals surface area contributed by atoms with E-state index in [9.17, 15) is 57.5 Å². The molecule has 4 atom stereocenters. The van der Waals surface area contributed by atoms with Gasteiger partial charge in [0.15, 0.2) is 0 Å². The molecule has 92 heavy (non-hydrogen) atoms. The molecule has 8 amide bonds. The van der Waals surface area contributed by atoms with E-state index in [1.807, 2.05) is 7.05 Å². The zero-order chi connectivity index (χ0) is 69.3. The molecule has 0 radical (unpaired) electrons. The lowest BCUT2D eigenvalue weighted by molar-refractivity contribution is -0.146. The van der Waals surface area contributed by atoms with E-state index in [0.717, 1.165) is 75.3 Å². The number of likely N-dealkylation sites (N-methyl/N-ethyl adjacent to an activating group) is 3. The van der Waals surface area contributed by atoms with Crippen LogP contribution in [0.1, 0.15) is 159 Å². The number of nitrogens with zero attached hydrogens (tertiary/aromatic N) is 4. The van der Waals surface area contributed by atoms with Gasteiger partial charge in [0.05, 0.1) is 47.4 Å². The smallest absolute Gasteiger partial charge is 0.329 e. The Bertz CT molecular complexity index is 2140. The van der Waals surface area contributed by atoms with Gasteiger partial charge < -0.3 is 70.9 Å². The summed E-state index contributed by atoms with van der Waals surface area (Å²) in [5.41, 5.74) is 5.39. The minimum atomic E-state index is -0.842. The molecule has 34 heteroatoms. The monoisotopic (exact) mass is 1470 g/mol. The van der Waals surface area contributed by atoms with E-state index in [1.165, 1.54) is 104 Å². The molecule has 0 heterocycles. The predicted molar refractivity (Wildman–Crippen MR) is 392 cm³/mol. The molecule has 0 aromatic rings. The van der Waals surface area contributed by atoms with Crippen molar-refractivity contribution in [3.63, 3.8) is 0 Å². The van der Waals surface area contributed by atoms with Crippen LogP contribution >= 0.6 is 86.4 Å². The Balaban J connectivity index is -0.000000168. The van der Waals surface area contributed by atoms with E-state index in [-0.39, 0.29) is 74.3 Å². The average Bonchev–Trinajstić information content (AvgIpc) is 0.968. The number of carbonyl (C=O) groups excluding carboxylic acids is 12. The van der Waals surface area contributed by atoms with Crippen LogP contribution in [0.3, 0.4) is 0 Å². The average molecular weight is 1470 g/mol. The summed E-state index contributed by atoms with van der Waals surface area (Å²) >= 11 is 0. The summed E-state index contributed by atoms with van der Waals surface area (Å²) in [5.74, 6) is -3.44. The number of rotatable bonds is 32. The van der Waals surface area contributed by atoms with Gasteiger partial charge in [-0.1, -0.05) is 106 Å². The van der Waals surface area contributed by atoms with Crippen LogP contribution in [0.25, 0.3) is 0 Å². The van der Waals surface area contributed by atoms with Crippen molar-refractivity contribution < 1.29 is 76.5 Å². The second-order valence-electron chi connectivity index (χ2n) is 21.4. The van der Waals surface area contributed by atoms with Gasteiger partial charge in [0, 0.05) is 138 Å². The zero-order valence-electron chi connectivity index (χ0n) is 55.8. The molecular weight excluding hydrogens is 1350 g/mol. The number of nitrogens with one attached hydrogen (secondary N) is 5. The molecule has 544 valence electrons. The molecule has 4 unspecified atom stereocenters. The highest BCUT2D eigenvalue weighted by Gasteiger charge is 2.42. The quantitative estimate of drug-likeness (QED) is 0.0158. The van der Waals surface area contributed by atoms with Crippen LogP contribution in [0, 0.1) is 0 Å². The Morgan fingerprint density at radius 3 is 0.804 bits per heavy atom. The van der Waals surface area contributed by atoms with Crippen LogP contribution in [-0.4, -0.2) is 234 Å². The Labute approximate surface area is 584 Å². The van der Waals surface area contributed by atoms with Crippen molar-refractivity contribution >= 4 is 155 Å². The van der Waals surface area contributed by atoms with Gasteiger partial charge in [0.2, 0.25) is 23.6 Å². The van der Waals surface area contributed by atoms with E-state index in [1.54, 1.807) is 98.3 Å². The summed E-state index contributed by atoms with van der Waals surface area (Å²) in [6.07, 6.45) is 5.15. The highest BCUT2D eigenvalue weighted by Crippen LogP contribution is 2.43. The van der Waals surface area contributed by atoms with Gasteiger partial charge in [-0.2, -0.15) is 0 Å². The van der Waals surface area contributed by atoms with E-state index >= 15 is 0 Å².